The maximum Gasteiger partial charge on any atom is 0.286 e. The van der Waals surface area contributed by atoms with E-state index in [4.69, 9.17) is 4.55 Å². The lowest BCUT2D eigenvalue weighted by Crippen LogP contribution is -2.44. The number of nitrogens with zero attached hydrogens (tertiary/aromatic N) is 1. The summed E-state index contributed by atoms with van der Waals surface area (Å²) in [6, 6.07) is 0. The predicted octanol–water partition coefficient (Wildman–Crippen LogP) is -0.385. The minimum atomic E-state index is -4.41. The Hall–Kier alpha value is -0.950. The zero-order chi connectivity index (χ0) is 10.8. The number of hydrogen-bond donors (Lipinski definition) is 1. The molecule has 1 N–H and O–H groups in total. The van der Waals surface area contributed by atoms with E-state index >= 15 is 0 Å². The van der Waals surface area contributed by atoms with E-state index in [1.165, 1.54) is 0 Å². The molecule has 13 heavy (non-hydrogen) atoms. The highest BCUT2D eigenvalue weighted by Crippen LogP contribution is 2.06. The van der Waals surface area contributed by atoms with Gasteiger partial charge in [0.2, 0.25) is 11.8 Å². The molecular formula is C6H11NO5S. The summed E-state index contributed by atoms with van der Waals surface area (Å²) >= 11 is 0. The van der Waals surface area contributed by atoms with Crippen molar-refractivity contribution in [1.82, 2.24) is 4.90 Å². The summed E-state index contributed by atoms with van der Waals surface area (Å²) in [6.45, 7) is 3.14. The van der Waals surface area contributed by atoms with E-state index < -0.39 is 27.3 Å². The molecule has 1 unspecified atom stereocenters. The van der Waals surface area contributed by atoms with Crippen molar-refractivity contribution in [2.75, 3.05) is 0 Å². The molecule has 0 aromatic rings. The number of carbonyl (C=O) groups is 2. The topological polar surface area (TPSA) is 91.8 Å². The van der Waals surface area contributed by atoms with Crippen LogP contribution < -0.4 is 0 Å². The van der Waals surface area contributed by atoms with E-state index in [2.05, 4.69) is 0 Å². The molecule has 0 saturated carbocycles. The lowest BCUT2D eigenvalue weighted by Gasteiger charge is -2.21. The van der Waals surface area contributed by atoms with Crippen LogP contribution in [0.4, 0.5) is 0 Å². The van der Waals surface area contributed by atoms with E-state index in [1.54, 1.807) is 0 Å². The average molecular weight is 209 g/mol. The summed E-state index contributed by atoms with van der Waals surface area (Å²) in [5, 5.41) is -1.54. The second-order valence-electron chi connectivity index (χ2n) is 2.52. The van der Waals surface area contributed by atoms with Crippen LogP contribution in [0.5, 0.6) is 0 Å². The lowest BCUT2D eigenvalue weighted by molar-refractivity contribution is -0.142. The number of rotatable bonds is 2. The molecule has 0 fully saturated rings. The fourth-order valence-electron chi connectivity index (χ4n) is 0.867. The van der Waals surface area contributed by atoms with Crippen molar-refractivity contribution in [3.8, 4) is 0 Å². The van der Waals surface area contributed by atoms with Crippen LogP contribution in [0.15, 0.2) is 0 Å². The Labute approximate surface area is 76.3 Å². The fourth-order valence-corrected chi connectivity index (χ4v) is 1.43. The van der Waals surface area contributed by atoms with Crippen molar-refractivity contribution >= 4 is 21.9 Å². The van der Waals surface area contributed by atoms with E-state index in [0.717, 1.165) is 20.8 Å². The quantitative estimate of drug-likeness (QED) is 0.625. The Morgan fingerprint density at radius 2 is 1.54 bits per heavy atom. The van der Waals surface area contributed by atoms with Gasteiger partial charge in [0.25, 0.3) is 10.1 Å². The van der Waals surface area contributed by atoms with Gasteiger partial charge in [0.15, 0.2) is 5.37 Å². The van der Waals surface area contributed by atoms with Crippen molar-refractivity contribution in [2.45, 2.75) is 26.1 Å². The molecule has 76 valence electrons. The summed E-state index contributed by atoms with van der Waals surface area (Å²) in [5.41, 5.74) is 0. The SMILES string of the molecule is CC(=O)N(C(C)=O)C(C)S(=O)(=O)O. The third-order valence-electron chi connectivity index (χ3n) is 1.47. The Kier molecular flexibility index (Phi) is 3.56. The molecule has 0 aromatic heterocycles. The van der Waals surface area contributed by atoms with Crippen molar-refractivity contribution < 1.29 is 22.6 Å². The summed E-state index contributed by atoms with van der Waals surface area (Å²) in [6.07, 6.45) is 0. The second kappa shape index (κ2) is 3.84. The molecule has 0 aliphatic rings. The Morgan fingerprint density at radius 1 is 1.23 bits per heavy atom. The Morgan fingerprint density at radius 3 is 1.62 bits per heavy atom. The van der Waals surface area contributed by atoms with Gasteiger partial charge in [-0.3, -0.25) is 19.0 Å². The third kappa shape index (κ3) is 3.11. The lowest BCUT2D eigenvalue weighted by atomic mass is 10.5. The molecule has 0 heterocycles. The van der Waals surface area contributed by atoms with Gasteiger partial charge in [0.1, 0.15) is 0 Å². The van der Waals surface area contributed by atoms with Gasteiger partial charge in [0, 0.05) is 13.8 Å². The van der Waals surface area contributed by atoms with Crippen molar-refractivity contribution in [1.29, 1.82) is 0 Å². The van der Waals surface area contributed by atoms with Gasteiger partial charge >= 0.3 is 0 Å². The first-order chi connectivity index (χ1) is 5.68. The zero-order valence-electron chi connectivity index (χ0n) is 7.51. The molecule has 0 aromatic carbocycles. The van der Waals surface area contributed by atoms with E-state index in [0.29, 0.717) is 4.90 Å². The smallest absolute Gasteiger partial charge is 0.284 e. The molecule has 0 aliphatic carbocycles. The summed E-state index contributed by atoms with van der Waals surface area (Å²) in [5.74, 6) is -1.45. The average Bonchev–Trinajstić information content (AvgIpc) is 1.82. The third-order valence-corrected chi connectivity index (χ3v) is 2.55. The van der Waals surface area contributed by atoms with Crippen LogP contribution in [-0.2, 0) is 19.7 Å². The van der Waals surface area contributed by atoms with Gasteiger partial charge in [-0.05, 0) is 6.92 Å². The Bertz CT molecular complexity index is 306. The molecule has 0 spiro atoms. The van der Waals surface area contributed by atoms with Gasteiger partial charge in [-0.2, -0.15) is 8.42 Å². The molecule has 6 nitrogen and oxygen atoms in total. The van der Waals surface area contributed by atoms with Crippen LogP contribution in [0.3, 0.4) is 0 Å². The van der Waals surface area contributed by atoms with Crippen LogP contribution in [0, 0.1) is 0 Å². The van der Waals surface area contributed by atoms with Crippen LogP contribution in [0.2, 0.25) is 0 Å². The Balaban J connectivity index is 5.00. The molecule has 0 rings (SSSR count). The monoisotopic (exact) mass is 209 g/mol. The summed E-state index contributed by atoms with van der Waals surface area (Å²) in [7, 11) is -4.41. The molecule has 0 radical (unpaired) electrons. The largest absolute Gasteiger partial charge is 0.286 e. The van der Waals surface area contributed by atoms with Crippen LogP contribution in [0.1, 0.15) is 20.8 Å². The highest BCUT2D eigenvalue weighted by Gasteiger charge is 2.30. The first-order valence-electron chi connectivity index (χ1n) is 3.44. The van der Waals surface area contributed by atoms with Crippen LogP contribution >= 0.6 is 0 Å². The summed E-state index contributed by atoms with van der Waals surface area (Å²) in [4.78, 5) is 22.1. The van der Waals surface area contributed by atoms with E-state index in [9.17, 15) is 18.0 Å². The number of imide groups is 1. The highest BCUT2D eigenvalue weighted by atomic mass is 32.2. The van der Waals surface area contributed by atoms with E-state index in [-0.39, 0.29) is 0 Å². The zero-order valence-corrected chi connectivity index (χ0v) is 8.33. The molecular weight excluding hydrogens is 198 g/mol. The standard InChI is InChI=1S/C6H11NO5S/c1-4(8)7(5(2)9)6(3)13(10,11)12/h6H,1-3H3,(H,10,11,12). The van der Waals surface area contributed by atoms with Crippen LogP contribution in [0.25, 0.3) is 0 Å². The van der Waals surface area contributed by atoms with Crippen molar-refractivity contribution in [3.63, 3.8) is 0 Å². The fraction of sp³-hybridized carbons (Fsp3) is 0.667. The van der Waals surface area contributed by atoms with Gasteiger partial charge in [0.05, 0.1) is 0 Å². The minimum Gasteiger partial charge on any atom is -0.284 e. The van der Waals surface area contributed by atoms with Crippen LogP contribution in [-0.4, -0.2) is 35.1 Å². The maximum atomic E-state index is 10.8. The molecule has 0 saturated heterocycles. The molecule has 1 atom stereocenters. The van der Waals surface area contributed by atoms with Gasteiger partial charge in [-0.25, -0.2) is 0 Å². The first kappa shape index (κ1) is 12.0. The number of carbonyl (C=O) groups excluding carboxylic acids is 2. The summed E-state index contributed by atoms with van der Waals surface area (Å²) < 4.78 is 29.8. The minimum absolute atomic E-state index is 0.468. The van der Waals surface area contributed by atoms with Crippen molar-refractivity contribution in [2.24, 2.45) is 0 Å². The normalized spacial score (nSPS) is 13.5. The van der Waals surface area contributed by atoms with E-state index in [1.807, 2.05) is 0 Å². The van der Waals surface area contributed by atoms with Crippen molar-refractivity contribution in [3.05, 3.63) is 0 Å². The van der Waals surface area contributed by atoms with Gasteiger partial charge in [-0.1, -0.05) is 0 Å². The molecule has 0 aliphatic heterocycles. The van der Waals surface area contributed by atoms with Gasteiger partial charge in [-0.15, -0.1) is 0 Å². The molecule has 7 heteroatoms. The second-order valence-corrected chi connectivity index (χ2v) is 4.23. The molecule has 0 bridgehead atoms. The number of amides is 2. The number of hydrogen-bond acceptors (Lipinski definition) is 4. The highest BCUT2D eigenvalue weighted by molar-refractivity contribution is 7.86. The first-order valence-corrected chi connectivity index (χ1v) is 4.95. The predicted molar refractivity (Wildman–Crippen MR) is 44.2 cm³/mol. The maximum absolute atomic E-state index is 10.8. The molecule has 2 amide bonds. The van der Waals surface area contributed by atoms with Gasteiger partial charge < -0.3 is 0 Å².